The zero-order valence-corrected chi connectivity index (χ0v) is 10.6. The Morgan fingerprint density at radius 1 is 1.39 bits per heavy atom. The number of rotatable bonds is 3. The third kappa shape index (κ3) is 2.40. The fraction of sp³-hybridized carbons (Fsp3) is 0.308. The average molecular weight is 246 g/mol. The Labute approximate surface area is 104 Å². The summed E-state index contributed by atoms with van der Waals surface area (Å²) in [5, 5.41) is 0. The van der Waals surface area contributed by atoms with E-state index in [4.69, 9.17) is 4.42 Å². The molecule has 0 saturated carbocycles. The zero-order valence-electron chi connectivity index (χ0n) is 10.6. The second kappa shape index (κ2) is 4.60. The maximum atomic E-state index is 11.8. The van der Waals surface area contributed by atoms with Gasteiger partial charge in [-0.05, 0) is 19.1 Å². The van der Waals surface area contributed by atoms with Crippen LogP contribution in [0.4, 0.5) is 5.69 Å². The predicted octanol–water partition coefficient (Wildman–Crippen LogP) is 2.08. The lowest BCUT2D eigenvalue weighted by atomic mass is 10.2. The van der Waals surface area contributed by atoms with Crippen molar-refractivity contribution < 1.29 is 14.0 Å². The number of amides is 1. The van der Waals surface area contributed by atoms with Gasteiger partial charge in [-0.1, -0.05) is 0 Å². The Hall–Kier alpha value is -2.17. The molecule has 1 amide bonds. The van der Waals surface area contributed by atoms with E-state index in [1.54, 1.807) is 32.2 Å². The molecule has 0 radical (unpaired) electrons. The standard InChI is InChI=1S/C13H14N2O3/c1-8(16)6-13(17)15(3)10-4-5-11-12(7-10)18-9(2)14-11/h4-5,7H,6H2,1-3H3. The number of carbonyl (C=O) groups excluding carboxylic acids is 2. The molecular formula is C13H14N2O3. The highest BCUT2D eigenvalue weighted by atomic mass is 16.3. The highest BCUT2D eigenvalue weighted by Crippen LogP contribution is 2.22. The molecule has 1 heterocycles. The topological polar surface area (TPSA) is 63.4 Å². The first-order chi connectivity index (χ1) is 8.47. The number of hydrogen-bond donors (Lipinski definition) is 0. The fourth-order valence-corrected chi connectivity index (χ4v) is 1.71. The van der Waals surface area contributed by atoms with Crippen molar-refractivity contribution in [3.8, 4) is 0 Å². The molecule has 0 unspecified atom stereocenters. The van der Waals surface area contributed by atoms with Gasteiger partial charge in [-0.25, -0.2) is 4.98 Å². The van der Waals surface area contributed by atoms with Gasteiger partial charge in [-0.3, -0.25) is 9.59 Å². The SMILES string of the molecule is CC(=O)CC(=O)N(C)c1ccc2nc(C)oc2c1. The van der Waals surface area contributed by atoms with Crippen molar-refractivity contribution in [2.75, 3.05) is 11.9 Å². The maximum absolute atomic E-state index is 11.8. The minimum Gasteiger partial charge on any atom is -0.441 e. The third-order valence-corrected chi connectivity index (χ3v) is 2.64. The van der Waals surface area contributed by atoms with Gasteiger partial charge in [0, 0.05) is 25.7 Å². The van der Waals surface area contributed by atoms with Gasteiger partial charge >= 0.3 is 0 Å². The van der Waals surface area contributed by atoms with Gasteiger partial charge in [0.15, 0.2) is 11.5 Å². The number of aromatic nitrogens is 1. The minimum absolute atomic E-state index is 0.0933. The lowest BCUT2D eigenvalue weighted by molar-refractivity contribution is -0.125. The Balaban J connectivity index is 2.29. The Kier molecular flexibility index (Phi) is 3.14. The first-order valence-electron chi connectivity index (χ1n) is 5.60. The first-order valence-corrected chi connectivity index (χ1v) is 5.60. The van der Waals surface area contributed by atoms with Crippen LogP contribution in [0, 0.1) is 6.92 Å². The van der Waals surface area contributed by atoms with E-state index in [0.29, 0.717) is 17.2 Å². The van der Waals surface area contributed by atoms with Crippen LogP contribution < -0.4 is 4.90 Å². The molecule has 2 rings (SSSR count). The molecule has 0 atom stereocenters. The largest absolute Gasteiger partial charge is 0.441 e. The van der Waals surface area contributed by atoms with Crippen LogP contribution in [-0.2, 0) is 9.59 Å². The summed E-state index contributed by atoms with van der Waals surface area (Å²) >= 11 is 0. The molecular weight excluding hydrogens is 232 g/mol. The number of fused-ring (bicyclic) bond motifs is 1. The number of benzene rings is 1. The molecule has 18 heavy (non-hydrogen) atoms. The number of Topliss-reactive ketones (excluding diaryl/α,β-unsaturated/α-hetero) is 1. The molecule has 2 aromatic rings. The molecule has 0 N–H and O–H groups in total. The van der Waals surface area contributed by atoms with Crippen LogP contribution in [0.5, 0.6) is 0 Å². The maximum Gasteiger partial charge on any atom is 0.234 e. The summed E-state index contributed by atoms with van der Waals surface area (Å²) in [4.78, 5) is 28.3. The van der Waals surface area contributed by atoms with Crippen LogP contribution in [-0.4, -0.2) is 23.7 Å². The Morgan fingerprint density at radius 2 is 2.11 bits per heavy atom. The van der Waals surface area contributed by atoms with Crippen molar-refractivity contribution in [3.63, 3.8) is 0 Å². The quantitative estimate of drug-likeness (QED) is 0.778. The van der Waals surface area contributed by atoms with Gasteiger partial charge in [-0.15, -0.1) is 0 Å². The Bertz CT molecular complexity index is 616. The van der Waals surface area contributed by atoms with E-state index in [1.165, 1.54) is 11.8 Å². The lowest BCUT2D eigenvalue weighted by Gasteiger charge is -2.16. The molecule has 0 fully saturated rings. The van der Waals surface area contributed by atoms with E-state index in [9.17, 15) is 9.59 Å². The summed E-state index contributed by atoms with van der Waals surface area (Å²) in [6.45, 7) is 3.17. The molecule has 1 aromatic carbocycles. The highest BCUT2D eigenvalue weighted by molar-refractivity contribution is 6.05. The summed E-state index contributed by atoms with van der Waals surface area (Å²) < 4.78 is 5.40. The van der Waals surface area contributed by atoms with Crippen LogP contribution >= 0.6 is 0 Å². The summed E-state index contributed by atoms with van der Waals surface area (Å²) in [5.41, 5.74) is 2.07. The number of aryl methyl sites for hydroxylation is 1. The molecule has 0 spiro atoms. The van der Waals surface area contributed by atoms with Crippen LogP contribution in [0.25, 0.3) is 11.1 Å². The van der Waals surface area contributed by atoms with Gasteiger partial charge < -0.3 is 9.32 Å². The summed E-state index contributed by atoms with van der Waals surface area (Å²) in [6, 6.07) is 5.31. The van der Waals surface area contributed by atoms with E-state index in [1.807, 2.05) is 0 Å². The van der Waals surface area contributed by atoms with E-state index in [2.05, 4.69) is 4.98 Å². The van der Waals surface area contributed by atoms with Crippen LogP contribution in [0.15, 0.2) is 22.6 Å². The second-order valence-electron chi connectivity index (χ2n) is 4.22. The third-order valence-electron chi connectivity index (χ3n) is 2.64. The van der Waals surface area contributed by atoms with Crippen molar-refractivity contribution in [3.05, 3.63) is 24.1 Å². The molecule has 0 aliphatic rings. The average Bonchev–Trinajstić information content (AvgIpc) is 2.65. The van der Waals surface area contributed by atoms with Crippen molar-refractivity contribution in [2.24, 2.45) is 0 Å². The molecule has 5 nitrogen and oxygen atoms in total. The minimum atomic E-state index is -0.238. The van der Waals surface area contributed by atoms with Crippen LogP contribution in [0.1, 0.15) is 19.2 Å². The summed E-state index contributed by atoms with van der Waals surface area (Å²) in [5.74, 6) is 0.196. The van der Waals surface area contributed by atoms with Gasteiger partial charge in [-0.2, -0.15) is 0 Å². The Morgan fingerprint density at radius 3 is 2.78 bits per heavy atom. The van der Waals surface area contributed by atoms with Gasteiger partial charge in [0.25, 0.3) is 0 Å². The number of nitrogens with zero attached hydrogens (tertiary/aromatic N) is 2. The molecule has 0 aliphatic heterocycles. The molecule has 5 heteroatoms. The molecule has 0 saturated heterocycles. The van der Waals surface area contributed by atoms with Gasteiger partial charge in [0.05, 0.1) is 6.42 Å². The summed E-state index contributed by atoms with van der Waals surface area (Å²) in [7, 11) is 1.63. The monoisotopic (exact) mass is 246 g/mol. The second-order valence-corrected chi connectivity index (χ2v) is 4.22. The highest BCUT2D eigenvalue weighted by Gasteiger charge is 2.14. The lowest BCUT2D eigenvalue weighted by Crippen LogP contribution is -2.27. The molecule has 94 valence electrons. The zero-order chi connectivity index (χ0) is 13.3. The number of ketones is 1. The van der Waals surface area contributed by atoms with Crippen molar-refractivity contribution in [1.82, 2.24) is 4.98 Å². The number of anilines is 1. The molecule has 1 aromatic heterocycles. The predicted molar refractivity (Wildman–Crippen MR) is 67.5 cm³/mol. The molecule has 0 bridgehead atoms. The van der Waals surface area contributed by atoms with Gasteiger partial charge in [0.1, 0.15) is 11.3 Å². The smallest absolute Gasteiger partial charge is 0.234 e. The summed E-state index contributed by atoms with van der Waals surface area (Å²) in [6.07, 6.45) is -0.0933. The van der Waals surface area contributed by atoms with Crippen molar-refractivity contribution in [2.45, 2.75) is 20.3 Å². The fourth-order valence-electron chi connectivity index (χ4n) is 1.71. The van der Waals surface area contributed by atoms with E-state index in [-0.39, 0.29) is 18.1 Å². The van der Waals surface area contributed by atoms with Crippen molar-refractivity contribution in [1.29, 1.82) is 0 Å². The number of hydrogen-bond acceptors (Lipinski definition) is 4. The van der Waals surface area contributed by atoms with Crippen LogP contribution in [0.3, 0.4) is 0 Å². The number of oxazole rings is 1. The number of carbonyl (C=O) groups is 2. The van der Waals surface area contributed by atoms with E-state index >= 15 is 0 Å². The van der Waals surface area contributed by atoms with Gasteiger partial charge in [0.2, 0.25) is 5.91 Å². The van der Waals surface area contributed by atoms with Crippen LogP contribution in [0.2, 0.25) is 0 Å². The first kappa shape index (κ1) is 12.3. The normalized spacial score (nSPS) is 10.6. The van der Waals surface area contributed by atoms with Crippen molar-refractivity contribution >= 4 is 28.5 Å². The van der Waals surface area contributed by atoms with E-state index in [0.717, 1.165) is 5.52 Å². The van der Waals surface area contributed by atoms with E-state index < -0.39 is 0 Å². The molecule has 0 aliphatic carbocycles.